The highest BCUT2D eigenvalue weighted by Gasteiger charge is 2.27. The van der Waals surface area contributed by atoms with Crippen LogP contribution in [0.5, 0.6) is 0 Å². The third-order valence-electron chi connectivity index (χ3n) is 3.84. The van der Waals surface area contributed by atoms with E-state index in [-0.39, 0.29) is 24.0 Å². The number of anilines is 1. The van der Waals surface area contributed by atoms with E-state index < -0.39 is 0 Å². The molecule has 0 atom stereocenters. The van der Waals surface area contributed by atoms with Crippen molar-refractivity contribution in [3.05, 3.63) is 66.2 Å². The van der Waals surface area contributed by atoms with Crippen molar-refractivity contribution in [3.8, 4) is 0 Å². The fraction of sp³-hybridized carbons (Fsp3) is 0.278. The number of amidine groups is 1. The molecule has 0 radical (unpaired) electrons. The lowest BCUT2D eigenvalue weighted by Gasteiger charge is -2.19. The molecule has 0 saturated heterocycles. The van der Waals surface area contributed by atoms with E-state index in [1.54, 1.807) is 0 Å². The molecule has 0 N–H and O–H groups in total. The number of hydrogen-bond donors (Lipinski definition) is 0. The monoisotopic (exact) mass is 392 g/mol. The van der Waals surface area contributed by atoms with E-state index in [1.807, 2.05) is 0 Å². The van der Waals surface area contributed by atoms with Crippen LogP contribution in [0.15, 0.2) is 60.7 Å². The Bertz CT molecular complexity index is 593. The van der Waals surface area contributed by atoms with E-state index in [1.165, 1.54) is 29.9 Å². The molecule has 2 nitrogen and oxygen atoms in total. The van der Waals surface area contributed by atoms with Gasteiger partial charge in [-0.15, -0.1) is 0 Å². The second kappa shape index (κ2) is 7.59. The Labute approximate surface area is 144 Å². The van der Waals surface area contributed by atoms with Crippen LogP contribution in [0.2, 0.25) is 0 Å². The zero-order chi connectivity index (χ0) is 13.8. The first kappa shape index (κ1) is 16.0. The van der Waals surface area contributed by atoms with Crippen LogP contribution in [0, 0.1) is 0 Å². The minimum atomic E-state index is 0. The van der Waals surface area contributed by atoms with Gasteiger partial charge in [0.2, 0.25) is 0 Å². The van der Waals surface area contributed by atoms with Gasteiger partial charge in [0, 0.05) is 0 Å². The molecule has 2 aromatic carbocycles. The van der Waals surface area contributed by atoms with Crippen molar-refractivity contribution < 1.29 is 28.6 Å². The van der Waals surface area contributed by atoms with Gasteiger partial charge in [-0.25, -0.2) is 4.90 Å². The molecule has 0 aromatic heterocycles. The zero-order valence-electron chi connectivity index (χ0n) is 12.4. The molecule has 1 heterocycles. The van der Waals surface area contributed by atoms with Crippen LogP contribution in [-0.2, 0) is 0 Å². The quantitative estimate of drug-likeness (QED) is 0.529. The lowest BCUT2D eigenvalue weighted by Crippen LogP contribution is -3.00. The maximum Gasteiger partial charge on any atom is 0.284 e. The minimum absolute atomic E-state index is 0. The standard InChI is InChI=1S/C18H21N2.HI/c1-19-14-8-9-15-20(17-12-6-3-7-13-17)18(19)16-10-4-2-5-11-16;/h2-7,10-13H,8-9,14-15H2,1H3;1H/q+1;/p-1. The van der Waals surface area contributed by atoms with Gasteiger partial charge in [0.15, 0.2) is 0 Å². The molecule has 0 unspecified atom stereocenters. The second-order valence-electron chi connectivity index (χ2n) is 5.31. The van der Waals surface area contributed by atoms with E-state index in [4.69, 9.17) is 0 Å². The predicted molar refractivity (Wildman–Crippen MR) is 84.6 cm³/mol. The lowest BCUT2D eigenvalue weighted by molar-refractivity contribution is -0.497. The molecule has 1 aliphatic rings. The fourth-order valence-corrected chi connectivity index (χ4v) is 2.86. The van der Waals surface area contributed by atoms with Gasteiger partial charge in [-0.2, -0.15) is 0 Å². The lowest BCUT2D eigenvalue weighted by atomic mass is 10.1. The Kier molecular flexibility index (Phi) is 5.79. The molecule has 0 saturated carbocycles. The number of nitrogens with zero attached hydrogens (tertiary/aromatic N) is 2. The Hall–Kier alpha value is -1.36. The van der Waals surface area contributed by atoms with E-state index in [0.717, 1.165) is 13.1 Å². The number of para-hydroxylation sites is 1. The summed E-state index contributed by atoms with van der Waals surface area (Å²) < 4.78 is 2.38. The van der Waals surface area contributed by atoms with Gasteiger partial charge in [0.25, 0.3) is 5.84 Å². The van der Waals surface area contributed by atoms with Gasteiger partial charge in [0.1, 0.15) is 5.69 Å². The maximum atomic E-state index is 2.45. The van der Waals surface area contributed by atoms with E-state index in [9.17, 15) is 0 Å². The van der Waals surface area contributed by atoms with Crippen molar-refractivity contribution in [2.24, 2.45) is 0 Å². The molecular formula is C18H21IN2. The summed E-state index contributed by atoms with van der Waals surface area (Å²) in [5.74, 6) is 1.31. The van der Waals surface area contributed by atoms with Gasteiger partial charge < -0.3 is 24.0 Å². The summed E-state index contributed by atoms with van der Waals surface area (Å²) in [6, 6.07) is 21.4. The van der Waals surface area contributed by atoms with Crippen molar-refractivity contribution in [1.29, 1.82) is 0 Å². The third-order valence-corrected chi connectivity index (χ3v) is 3.84. The van der Waals surface area contributed by atoms with E-state index in [0.29, 0.717) is 0 Å². The maximum absolute atomic E-state index is 2.45. The van der Waals surface area contributed by atoms with Gasteiger partial charge in [0.05, 0.1) is 25.7 Å². The number of hydrogen-bond acceptors (Lipinski definition) is 1. The van der Waals surface area contributed by atoms with Crippen LogP contribution in [0.1, 0.15) is 18.4 Å². The molecule has 0 amide bonds. The summed E-state index contributed by atoms with van der Waals surface area (Å²) in [5.41, 5.74) is 2.57. The molecule has 110 valence electrons. The highest BCUT2D eigenvalue weighted by molar-refractivity contribution is 6.06. The Balaban J connectivity index is 0.00000161. The molecule has 0 bridgehead atoms. The number of benzene rings is 2. The number of halogens is 1. The van der Waals surface area contributed by atoms with Crippen LogP contribution in [-0.4, -0.2) is 30.5 Å². The normalized spacial score (nSPS) is 15.4. The van der Waals surface area contributed by atoms with Gasteiger partial charge >= 0.3 is 0 Å². The second-order valence-corrected chi connectivity index (χ2v) is 5.31. The van der Waals surface area contributed by atoms with E-state index in [2.05, 4.69) is 77.2 Å². The molecule has 0 aliphatic carbocycles. The summed E-state index contributed by atoms with van der Waals surface area (Å²) in [5, 5.41) is 0. The average Bonchev–Trinajstić information content (AvgIpc) is 2.71. The SMILES string of the molecule is C[N+]1=C(c2ccccc2)N(c2ccccc2)CCCC1.[I-]. The van der Waals surface area contributed by atoms with Crippen molar-refractivity contribution >= 4 is 11.5 Å². The van der Waals surface area contributed by atoms with Crippen LogP contribution in [0.25, 0.3) is 0 Å². The van der Waals surface area contributed by atoms with Crippen molar-refractivity contribution in [3.63, 3.8) is 0 Å². The molecule has 21 heavy (non-hydrogen) atoms. The smallest absolute Gasteiger partial charge is 0.284 e. The number of rotatable bonds is 2. The first-order valence-electron chi connectivity index (χ1n) is 7.32. The summed E-state index contributed by atoms with van der Waals surface area (Å²) in [6.45, 7) is 2.20. The average molecular weight is 392 g/mol. The van der Waals surface area contributed by atoms with Crippen LogP contribution >= 0.6 is 0 Å². The topological polar surface area (TPSA) is 6.25 Å². The highest BCUT2D eigenvalue weighted by Crippen LogP contribution is 2.20. The van der Waals surface area contributed by atoms with Crippen LogP contribution in [0.3, 0.4) is 0 Å². The predicted octanol–water partition coefficient (Wildman–Crippen LogP) is 0.380. The van der Waals surface area contributed by atoms with Gasteiger partial charge in [-0.3, -0.25) is 4.58 Å². The Morgan fingerprint density at radius 3 is 2.14 bits per heavy atom. The highest BCUT2D eigenvalue weighted by atomic mass is 127. The third kappa shape index (κ3) is 3.64. The molecule has 3 heteroatoms. The minimum Gasteiger partial charge on any atom is -1.00 e. The van der Waals surface area contributed by atoms with Crippen LogP contribution in [0.4, 0.5) is 5.69 Å². The molecule has 0 spiro atoms. The van der Waals surface area contributed by atoms with Gasteiger partial charge in [-0.05, 0) is 37.1 Å². The van der Waals surface area contributed by atoms with Crippen molar-refractivity contribution in [2.75, 3.05) is 25.0 Å². The zero-order valence-corrected chi connectivity index (χ0v) is 14.5. The molecule has 0 fully saturated rings. The van der Waals surface area contributed by atoms with Gasteiger partial charge in [-0.1, -0.05) is 36.4 Å². The molecule has 3 rings (SSSR count). The Morgan fingerprint density at radius 1 is 0.857 bits per heavy atom. The molecular weight excluding hydrogens is 371 g/mol. The largest absolute Gasteiger partial charge is 1.00 e. The molecule has 2 aromatic rings. The Morgan fingerprint density at radius 2 is 1.48 bits per heavy atom. The summed E-state index contributed by atoms with van der Waals surface area (Å²) in [7, 11) is 2.20. The molecule has 1 aliphatic heterocycles. The first-order chi connectivity index (χ1) is 9.86. The van der Waals surface area contributed by atoms with Crippen LogP contribution < -0.4 is 28.9 Å². The summed E-state index contributed by atoms with van der Waals surface area (Å²) in [6.07, 6.45) is 2.48. The van der Waals surface area contributed by atoms with E-state index >= 15 is 0 Å². The van der Waals surface area contributed by atoms with Crippen molar-refractivity contribution in [1.82, 2.24) is 0 Å². The van der Waals surface area contributed by atoms with Crippen molar-refractivity contribution in [2.45, 2.75) is 12.8 Å². The fourth-order valence-electron chi connectivity index (χ4n) is 2.86. The summed E-state index contributed by atoms with van der Waals surface area (Å²) in [4.78, 5) is 2.45. The summed E-state index contributed by atoms with van der Waals surface area (Å²) >= 11 is 0. The first-order valence-corrected chi connectivity index (χ1v) is 7.32.